The molecule has 0 bridgehead atoms. The first-order valence-corrected chi connectivity index (χ1v) is 16.0. The van der Waals surface area contributed by atoms with E-state index in [2.05, 4.69) is 46.8 Å². The van der Waals surface area contributed by atoms with Crippen LogP contribution in [0.3, 0.4) is 0 Å². The minimum absolute atomic E-state index is 0.304. The number of piperazine rings is 1. The smallest absolute Gasteiger partial charge is 0.385 e. The van der Waals surface area contributed by atoms with Crippen LogP contribution >= 0.6 is 19.4 Å². The van der Waals surface area contributed by atoms with Crippen molar-refractivity contribution in [2.45, 2.75) is 6.42 Å². The Bertz CT molecular complexity index is 1450. The van der Waals surface area contributed by atoms with Gasteiger partial charge in [0.2, 0.25) is 11.9 Å². The lowest BCUT2D eigenvalue weighted by atomic mass is 10.1. The van der Waals surface area contributed by atoms with Crippen LogP contribution in [-0.2, 0) is 18.6 Å². The summed E-state index contributed by atoms with van der Waals surface area (Å²) in [5.74, 6) is 0.0870. The Labute approximate surface area is 261 Å². The van der Waals surface area contributed by atoms with Gasteiger partial charge in [0, 0.05) is 61.9 Å². The van der Waals surface area contributed by atoms with Gasteiger partial charge in [0.05, 0.1) is 23.5 Å². The number of hydrogen-bond acceptors (Lipinski definition) is 10. The number of hydrogen-bond donors (Lipinski definition) is 5. The highest BCUT2D eigenvalue weighted by Gasteiger charge is 2.17. The van der Waals surface area contributed by atoms with E-state index in [9.17, 15) is 9.36 Å². The maximum Gasteiger partial charge on any atom is 0.471 e. The fourth-order valence-corrected chi connectivity index (χ4v) is 4.95. The molecule has 44 heavy (non-hydrogen) atoms. The summed E-state index contributed by atoms with van der Waals surface area (Å²) in [5, 5.41) is 9.85. The predicted octanol–water partition coefficient (Wildman–Crippen LogP) is 4.17. The maximum atomic E-state index is 11.7. The average Bonchev–Trinajstić information content (AvgIpc) is 3.00. The van der Waals surface area contributed by atoms with Gasteiger partial charge >= 0.3 is 7.82 Å². The number of aromatic nitrogens is 2. The molecule has 1 saturated heterocycles. The number of nitrogens with one attached hydrogen (secondary N) is 3. The van der Waals surface area contributed by atoms with Crippen molar-refractivity contribution in [1.82, 2.24) is 19.8 Å². The summed E-state index contributed by atoms with van der Waals surface area (Å²) >= 11 is 6.42. The Morgan fingerprint density at radius 2 is 1.75 bits per heavy atom. The number of carbonyl (C=O) groups is 1. The van der Waals surface area contributed by atoms with Crippen LogP contribution in [0.15, 0.2) is 67.4 Å². The van der Waals surface area contributed by atoms with Gasteiger partial charge in [0.15, 0.2) is 6.79 Å². The number of phosphoric ester groups is 1. The van der Waals surface area contributed by atoms with E-state index in [1.807, 2.05) is 36.4 Å². The number of carbonyl (C=O) groups excluding carboxylic acids is 1. The van der Waals surface area contributed by atoms with Crippen LogP contribution in [0.4, 0.5) is 23.0 Å². The average molecular weight is 646 g/mol. The Kier molecular flexibility index (Phi) is 12.7. The van der Waals surface area contributed by atoms with Gasteiger partial charge in [0.25, 0.3) is 0 Å². The quantitative estimate of drug-likeness (QED) is 0.0655. The van der Waals surface area contributed by atoms with Gasteiger partial charge < -0.3 is 35.4 Å². The molecule has 0 spiro atoms. The van der Waals surface area contributed by atoms with Crippen molar-refractivity contribution in [3.05, 3.63) is 72.4 Å². The van der Waals surface area contributed by atoms with Gasteiger partial charge in [-0.05, 0) is 49.4 Å². The number of benzene rings is 2. The summed E-state index contributed by atoms with van der Waals surface area (Å²) in [6.45, 7) is 9.63. The van der Waals surface area contributed by atoms with Crippen LogP contribution in [0.5, 0.6) is 0 Å². The molecule has 0 radical (unpaired) electrons. The second-order valence-electron chi connectivity index (χ2n) is 9.98. The first kappa shape index (κ1) is 33.5. The van der Waals surface area contributed by atoms with Gasteiger partial charge in [-0.25, -0.2) is 14.5 Å². The molecule has 13 nitrogen and oxygen atoms in total. The molecule has 1 aliphatic heterocycles. The van der Waals surface area contributed by atoms with Crippen LogP contribution in [0, 0.1) is 0 Å². The highest BCUT2D eigenvalue weighted by Crippen LogP contribution is 2.35. The molecule has 236 valence electrons. The highest BCUT2D eigenvalue weighted by molar-refractivity contribution is 7.46. The van der Waals surface area contributed by atoms with E-state index in [4.69, 9.17) is 26.1 Å². The Morgan fingerprint density at radius 3 is 2.50 bits per heavy atom. The van der Waals surface area contributed by atoms with Crippen molar-refractivity contribution < 1.29 is 28.4 Å². The van der Waals surface area contributed by atoms with Crippen LogP contribution in [0.1, 0.15) is 6.42 Å². The van der Waals surface area contributed by atoms with Gasteiger partial charge in [-0.3, -0.25) is 14.2 Å². The van der Waals surface area contributed by atoms with Crippen LogP contribution in [0.2, 0.25) is 5.02 Å². The zero-order chi connectivity index (χ0) is 31.4. The third-order valence-electron chi connectivity index (χ3n) is 6.75. The van der Waals surface area contributed by atoms with Crippen LogP contribution in [0.25, 0.3) is 11.3 Å². The molecule has 0 saturated carbocycles. The molecule has 15 heteroatoms. The number of amides is 1. The number of rotatable bonds is 16. The number of halogens is 1. The topological polar surface area (TPSA) is 161 Å². The molecule has 5 N–H and O–H groups in total. The molecule has 2 aromatic carbocycles. The third-order valence-corrected chi connectivity index (χ3v) is 7.47. The second kappa shape index (κ2) is 16.6. The Balaban J connectivity index is 1.20. The standard InChI is InChI=1S/C29H37ClN7O6P/c1-2-27(38)33-24-8-3-6-22(18-24)28-26(30)20-32-29(35-28)34-25-9-4-7-23(19-25)31-10-5-11-36-12-14-37(15-13-36)16-17-42-21-43-44(39,40)41/h2-4,6-9,18-20,31H,1,5,10-17,21H2,(H,33,38)(H,32,34,35)(H2,39,40,41). The van der Waals surface area contributed by atoms with Crippen molar-refractivity contribution in [2.75, 3.05) is 75.2 Å². The molecule has 1 amide bonds. The van der Waals surface area contributed by atoms with E-state index >= 15 is 0 Å². The van der Waals surface area contributed by atoms with E-state index in [1.54, 1.807) is 18.3 Å². The first-order chi connectivity index (χ1) is 21.2. The number of anilines is 4. The monoisotopic (exact) mass is 645 g/mol. The third kappa shape index (κ3) is 11.3. The minimum atomic E-state index is -4.49. The lowest BCUT2D eigenvalue weighted by molar-refractivity contribution is -0.111. The van der Waals surface area contributed by atoms with E-state index in [-0.39, 0.29) is 5.91 Å². The molecule has 1 aliphatic rings. The van der Waals surface area contributed by atoms with Crippen molar-refractivity contribution in [3.8, 4) is 11.3 Å². The normalized spacial score (nSPS) is 14.2. The predicted molar refractivity (Wildman–Crippen MR) is 171 cm³/mol. The fraction of sp³-hybridized carbons (Fsp3) is 0.345. The van der Waals surface area contributed by atoms with Gasteiger partial charge in [0.1, 0.15) is 0 Å². The minimum Gasteiger partial charge on any atom is -0.385 e. The van der Waals surface area contributed by atoms with E-state index < -0.39 is 14.6 Å². The maximum absolute atomic E-state index is 11.7. The molecule has 2 heterocycles. The van der Waals surface area contributed by atoms with Crippen LogP contribution < -0.4 is 16.0 Å². The summed E-state index contributed by atoms with van der Waals surface area (Å²) < 4.78 is 20.1. The Morgan fingerprint density at radius 1 is 1.05 bits per heavy atom. The first-order valence-electron chi connectivity index (χ1n) is 14.1. The lowest BCUT2D eigenvalue weighted by Crippen LogP contribution is -2.47. The largest absolute Gasteiger partial charge is 0.471 e. The summed E-state index contributed by atoms with van der Waals surface area (Å²) in [4.78, 5) is 42.6. The molecule has 3 aromatic rings. The summed E-state index contributed by atoms with van der Waals surface area (Å²) in [6.07, 6.45) is 3.73. The second-order valence-corrected chi connectivity index (χ2v) is 11.6. The summed E-state index contributed by atoms with van der Waals surface area (Å²) in [7, 11) is -4.49. The molecule has 0 aliphatic carbocycles. The highest BCUT2D eigenvalue weighted by atomic mass is 35.5. The van der Waals surface area contributed by atoms with Crippen molar-refractivity contribution in [2.24, 2.45) is 0 Å². The molecule has 0 atom stereocenters. The zero-order valence-corrected chi connectivity index (χ0v) is 25.8. The molecule has 1 aromatic heterocycles. The number of phosphoric acid groups is 1. The van der Waals surface area contributed by atoms with E-state index in [1.165, 1.54) is 6.08 Å². The molecule has 0 unspecified atom stereocenters. The van der Waals surface area contributed by atoms with Crippen LogP contribution in [-0.4, -0.2) is 94.7 Å². The Hall–Kier alpha value is -3.39. The van der Waals surface area contributed by atoms with Crippen molar-refractivity contribution in [3.63, 3.8) is 0 Å². The molecular weight excluding hydrogens is 609 g/mol. The molecular formula is C29H37ClN7O6P. The van der Waals surface area contributed by atoms with Gasteiger partial charge in [-0.2, -0.15) is 0 Å². The number of ether oxygens (including phenoxy) is 1. The summed E-state index contributed by atoms with van der Waals surface area (Å²) in [5.41, 5.74) is 3.68. The van der Waals surface area contributed by atoms with Crippen molar-refractivity contribution >= 4 is 48.3 Å². The SMILES string of the molecule is C=CC(=O)Nc1cccc(-c2nc(Nc3cccc(NCCCN4CCN(CCOCOP(=O)(O)O)CC4)c3)ncc2Cl)c1. The molecule has 4 rings (SSSR count). The van der Waals surface area contributed by atoms with Gasteiger partial charge in [-0.1, -0.05) is 36.4 Å². The zero-order valence-electron chi connectivity index (χ0n) is 24.2. The van der Waals surface area contributed by atoms with Gasteiger partial charge in [-0.15, -0.1) is 0 Å². The lowest BCUT2D eigenvalue weighted by Gasteiger charge is -2.34. The van der Waals surface area contributed by atoms with Crippen molar-refractivity contribution in [1.29, 1.82) is 0 Å². The summed E-state index contributed by atoms with van der Waals surface area (Å²) in [6, 6.07) is 15.1. The molecule has 1 fully saturated rings. The fourth-order valence-electron chi connectivity index (χ4n) is 4.53. The van der Waals surface area contributed by atoms with E-state index in [0.29, 0.717) is 35.5 Å². The number of nitrogens with zero attached hydrogens (tertiary/aromatic N) is 4. The van der Waals surface area contributed by atoms with E-state index in [0.717, 1.165) is 62.6 Å².